The number of ether oxygens (including phenoxy) is 1. The maximum atomic E-state index is 12.3. The Labute approximate surface area is 175 Å². The van der Waals surface area contributed by atoms with Gasteiger partial charge in [-0.15, -0.1) is 0 Å². The zero-order valence-electron chi connectivity index (χ0n) is 16.7. The molecule has 3 atom stereocenters. The van der Waals surface area contributed by atoms with Crippen LogP contribution in [0.15, 0.2) is 77.5 Å². The van der Waals surface area contributed by atoms with E-state index in [0.717, 1.165) is 11.1 Å². The highest BCUT2D eigenvalue weighted by Crippen LogP contribution is 2.13. The summed E-state index contributed by atoms with van der Waals surface area (Å²) in [5.74, 6) is 0.301. The molecule has 30 heavy (non-hydrogen) atoms. The van der Waals surface area contributed by atoms with E-state index in [0.29, 0.717) is 25.2 Å². The van der Waals surface area contributed by atoms with Crippen molar-refractivity contribution in [1.82, 2.24) is 10.3 Å². The van der Waals surface area contributed by atoms with Crippen molar-refractivity contribution in [2.24, 2.45) is 5.73 Å². The number of alkyl carbamates (subject to hydrolysis) is 1. The number of aromatic nitrogens is 1. The van der Waals surface area contributed by atoms with Gasteiger partial charge in [0.05, 0.1) is 18.3 Å². The second-order valence-corrected chi connectivity index (χ2v) is 7.20. The Bertz CT molecular complexity index is 872. The van der Waals surface area contributed by atoms with E-state index in [9.17, 15) is 9.90 Å². The third-order valence-electron chi connectivity index (χ3n) is 4.76. The molecule has 1 heterocycles. The second-order valence-electron chi connectivity index (χ2n) is 7.20. The van der Waals surface area contributed by atoms with Crippen LogP contribution in [-0.2, 0) is 24.2 Å². The van der Waals surface area contributed by atoms with Gasteiger partial charge in [-0.3, -0.25) is 0 Å². The van der Waals surface area contributed by atoms with Gasteiger partial charge in [0, 0.05) is 6.04 Å². The molecule has 2 aromatic carbocycles. The van der Waals surface area contributed by atoms with Crippen LogP contribution in [0.2, 0.25) is 0 Å². The average Bonchev–Trinajstić information content (AvgIpc) is 3.27. The van der Waals surface area contributed by atoms with Gasteiger partial charge < -0.3 is 25.3 Å². The van der Waals surface area contributed by atoms with Crippen LogP contribution in [0.4, 0.5) is 4.79 Å². The Morgan fingerprint density at radius 2 is 1.70 bits per heavy atom. The number of amides is 1. The zero-order chi connectivity index (χ0) is 21.2. The molecule has 3 aromatic rings. The Kier molecular flexibility index (Phi) is 8.00. The highest BCUT2D eigenvalue weighted by molar-refractivity contribution is 5.67. The van der Waals surface area contributed by atoms with Gasteiger partial charge in [-0.25, -0.2) is 9.78 Å². The number of aliphatic hydroxyl groups excluding tert-OH is 1. The van der Waals surface area contributed by atoms with Crippen LogP contribution in [-0.4, -0.2) is 34.4 Å². The molecule has 0 unspecified atom stereocenters. The molecule has 7 heteroatoms. The highest BCUT2D eigenvalue weighted by Gasteiger charge is 2.25. The van der Waals surface area contributed by atoms with Gasteiger partial charge in [-0.1, -0.05) is 60.7 Å². The number of nitrogens with one attached hydrogen (secondary N) is 1. The van der Waals surface area contributed by atoms with E-state index >= 15 is 0 Å². The predicted octanol–water partition coefficient (Wildman–Crippen LogP) is 2.83. The summed E-state index contributed by atoms with van der Waals surface area (Å²) in [6.07, 6.45) is 2.84. The van der Waals surface area contributed by atoms with Crippen LogP contribution < -0.4 is 11.1 Å². The Morgan fingerprint density at radius 3 is 2.30 bits per heavy atom. The minimum atomic E-state index is -0.835. The standard InChI is InChI=1S/C23H27N3O4/c24-19(13-17-7-3-1-4-8-17)15-21(27)20(14-18-9-5-2-6-10-18)26-23(28)30-16-22-25-11-12-29-22/h1-12,19-21,27H,13-16,24H2,(H,26,28)/t19-,20-,21-/m0/s1. The van der Waals surface area contributed by atoms with Gasteiger partial charge in [0.1, 0.15) is 6.26 Å². The molecule has 4 N–H and O–H groups in total. The van der Waals surface area contributed by atoms with Gasteiger partial charge in [-0.05, 0) is 30.4 Å². The molecular formula is C23H27N3O4. The summed E-state index contributed by atoms with van der Waals surface area (Å²) in [6, 6.07) is 18.7. The van der Waals surface area contributed by atoms with Crippen molar-refractivity contribution in [3.05, 3.63) is 90.1 Å². The van der Waals surface area contributed by atoms with Gasteiger partial charge >= 0.3 is 6.09 Å². The van der Waals surface area contributed by atoms with E-state index in [1.807, 2.05) is 60.7 Å². The van der Waals surface area contributed by atoms with Crippen LogP contribution >= 0.6 is 0 Å². The van der Waals surface area contributed by atoms with E-state index in [1.165, 1.54) is 12.5 Å². The summed E-state index contributed by atoms with van der Waals surface area (Å²) in [5.41, 5.74) is 8.37. The number of oxazole rings is 1. The molecule has 0 bridgehead atoms. The maximum Gasteiger partial charge on any atom is 0.407 e. The van der Waals surface area contributed by atoms with Crippen molar-refractivity contribution in [1.29, 1.82) is 0 Å². The lowest BCUT2D eigenvalue weighted by atomic mass is 9.94. The molecule has 0 fully saturated rings. The highest BCUT2D eigenvalue weighted by atomic mass is 16.6. The van der Waals surface area contributed by atoms with Crippen LogP contribution in [0.25, 0.3) is 0 Å². The minimum absolute atomic E-state index is 0.0828. The lowest BCUT2D eigenvalue weighted by Crippen LogP contribution is -2.47. The number of nitrogens with zero attached hydrogens (tertiary/aromatic N) is 1. The van der Waals surface area contributed by atoms with Crippen LogP contribution in [0.1, 0.15) is 23.4 Å². The first-order valence-electron chi connectivity index (χ1n) is 9.93. The molecule has 7 nitrogen and oxygen atoms in total. The fourth-order valence-corrected chi connectivity index (χ4v) is 3.27. The number of rotatable bonds is 10. The molecular weight excluding hydrogens is 382 g/mol. The molecule has 0 radical (unpaired) electrons. The van der Waals surface area contributed by atoms with Crippen LogP contribution in [0.5, 0.6) is 0 Å². The number of hydrogen-bond donors (Lipinski definition) is 3. The zero-order valence-corrected chi connectivity index (χ0v) is 16.7. The third kappa shape index (κ3) is 7.02. The monoisotopic (exact) mass is 409 g/mol. The first-order chi connectivity index (χ1) is 14.6. The number of carbonyl (C=O) groups is 1. The number of nitrogens with two attached hydrogens (primary N) is 1. The van der Waals surface area contributed by atoms with Gasteiger partial charge in [0.15, 0.2) is 6.61 Å². The summed E-state index contributed by atoms with van der Waals surface area (Å²) in [4.78, 5) is 16.2. The number of hydrogen-bond acceptors (Lipinski definition) is 6. The van der Waals surface area contributed by atoms with E-state index in [1.54, 1.807) is 0 Å². The molecule has 158 valence electrons. The fourth-order valence-electron chi connectivity index (χ4n) is 3.27. The van der Waals surface area contributed by atoms with E-state index in [-0.39, 0.29) is 12.6 Å². The maximum absolute atomic E-state index is 12.3. The molecule has 0 spiro atoms. The molecule has 1 aromatic heterocycles. The largest absolute Gasteiger partial charge is 0.446 e. The summed E-state index contributed by atoms with van der Waals surface area (Å²) in [6.45, 7) is -0.0828. The van der Waals surface area contributed by atoms with Crippen molar-refractivity contribution in [3.63, 3.8) is 0 Å². The number of aliphatic hydroxyl groups is 1. The first-order valence-corrected chi connectivity index (χ1v) is 9.93. The first kappa shape index (κ1) is 21.5. The van der Waals surface area contributed by atoms with Crippen molar-refractivity contribution in [2.45, 2.75) is 44.1 Å². The van der Waals surface area contributed by atoms with Crippen molar-refractivity contribution in [3.8, 4) is 0 Å². The van der Waals surface area contributed by atoms with Crippen molar-refractivity contribution >= 4 is 6.09 Å². The van der Waals surface area contributed by atoms with Crippen molar-refractivity contribution < 1.29 is 19.1 Å². The van der Waals surface area contributed by atoms with Gasteiger partial charge in [0.25, 0.3) is 0 Å². The topological polar surface area (TPSA) is 111 Å². The molecule has 0 aliphatic rings. The van der Waals surface area contributed by atoms with E-state index in [4.69, 9.17) is 14.9 Å². The molecule has 0 aliphatic carbocycles. The SMILES string of the molecule is N[C@@H](Cc1ccccc1)C[C@H](O)[C@H](Cc1ccccc1)NC(=O)OCc1ncco1. The fraction of sp³-hybridized carbons (Fsp3) is 0.304. The summed E-state index contributed by atoms with van der Waals surface area (Å²) < 4.78 is 10.2. The molecule has 0 aliphatic heterocycles. The second kappa shape index (κ2) is 11.1. The predicted molar refractivity (Wildman–Crippen MR) is 113 cm³/mol. The molecule has 0 saturated carbocycles. The lowest BCUT2D eigenvalue weighted by molar-refractivity contribution is 0.0887. The molecule has 1 amide bonds. The third-order valence-corrected chi connectivity index (χ3v) is 4.76. The Balaban J connectivity index is 1.59. The van der Waals surface area contributed by atoms with Gasteiger partial charge in [0.2, 0.25) is 5.89 Å². The summed E-state index contributed by atoms with van der Waals surface area (Å²) in [7, 11) is 0. The average molecular weight is 409 g/mol. The Morgan fingerprint density at radius 1 is 1.07 bits per heavy atom. The summed E-state index contributed by atoms with van der Waals surface area (Å²) >= 11 is 0. The minimum Gasteiger partial charge on any atom is -0.446 e. The smallest absolute Gasteiger partial charge is 0.407 e. The Hall–Kier alpha value is -3.16. The number of carbonyl (C=O) groups excluding carboxylic acids is 1. The van der Waals surface area contributed by atoms with Gasteiger partial charge in [-0.2, -0.15) is 0 Å². The lowest BCUT2D eigenvalue weighted by Gasteiger charge is -2.26. The van der Waals surface area contributed by atoms with E-state index in [2.05, 4.69) is 10.3 Å². The van der Waals surface area contributed by atoms with E-state index < -0.39 is 18.2 Å². The van der Waals surface area contributed by atoms with Crippen molar-refractivity contribution in [2.75, 3.05) is 0 Å². The molecule has 0 saturated heterocycles. The normalized spacial score (nSPS) is 13.9. The van der Waals surface area contributed by atoms with Crippen LogP contribution in [0.3, 0.4) is 0 Å². The summed E-state index contributed by atoms with van der Waals surface area (Å²) in [5, 5.41) is 13.6. The molecule has 3 rings (SSSR count). The number of benzene rings is 2. The quantitative estimate of drug-likeness (QED) is 0.475. The van der Waals surface area contributed by atoms with Crippen LogP contribution in [0, 0.1) is 0 Å².